The Hall–Kier alpha value is -2.64. The van der Waals surface area contributed by atoms with Crippen LogP contribution in [0.15, 0.2) is 22.9 Å². The second-order valence-electron chi connectivity index (χ2n) is 6.30. The van der Waals surface area contributed by atoms with Gasteiger partial charge in [-0.1, -0.05) is 11.2 Å². The van der Waals surface area contributed by atoms with Gasteiger partial charge in [-0.05, 0) is 44.7 Å². The Morgan fingerprint density at radius 1 is 1.32 bits per heavy atom. The van der Waals surface area contributed by atoms with E-state index in [0.29, 0.717) is 18.3 Å². The first kappa shape index (κ1) is 17.2. The van der Waals surface area contributed by atoms with Crippen molar-refractivity contribution in [1.29, 1.82) is 0 Å². The van der Waals surface area contributed by atoms with Crippen LogP contribution in [0.3, 0.4) is 0 Å². The Kier molecular flexibility index (Phi) is 5.47. The van der Waals surface area contributed by atoms with E-state index in [1.807, 2.05) is 18.3 Å². The number of pyridine rings is 1. The second-order valence-corrected chi connectivity index (χ2v) is 6.30. The molecule has 1 aliphatic rings. The molecule has 8 nitrogen and oxygen atoms in total. The monoisotopic (exact) mass is 344 g/mol. The number of carbonyl (C=O) groups excluding carboxylic acids is 1. The van der Waals surface area contributed by atoms with E-state index in [0.717, 1.165) is 24.5 Å². The van der Waals surface area contributed by atoms with Gasteiger partial charge >= 0.3 is 6.03 Å². The number of hydrogen-bond acceptors (Lipinski definition) is 6. The summed E-state index contributed by atoms with van der Waals surface area (Å²) in [7, 11) is 0. The van der Waals surface area contributed by atoms with Gasteiger partial charge in [-0.2, -0.15) is 4.98 Å². The van der Waals surface area contributed by atoms with Crippen molar-refractivity contribution in [2.24, 2.45) is 0 Å². The summed E-state index contributed by atoms with van der Waals surface area (Å²) in [6.07, 6.45) is 5.57. The average molecular weight is 344 g/mol. The van der Waals surface area contributed by atoms with Crippen LogP contribution in [0.4, 0.5) is 10.6 Å². The maximum absolute atomic E-state index is 12.0. The van der Waals surface area contributed by atoms with E-state index in [1.54, 1.807) is 13.8 Å². The summed E-state index contributed by atoms with van der Waals surface area (Å²) in [6, 6.07) is 3.38. The van der Waals surface area contributed by atoms with E-state index in [2.05, 4.69) is 30.7 Å². The third-order valence-corrected chi connectivity index (χ3v) is 4.20. The van der Waals surface area contributed by atoms with Crippen molar-refractivity contribution in [3.8, 4) is 0 Å². The lowest BCUT2D eigenvalue weighted by Gasteiger charge is -2.27. The number of piperidine rings is 1. The SMILES string of the molecule is Cc1noc([C@H](C)NC(=O)NCc2ccc(N3CCCCC3)nc2)n1. The van der Waals surface area contributed by atoms with Crippen molar-refractivity contribution in [1.82, 2.24) is 25.8 Å². The van der Waals surface area contributed by atoms with Gasteiger partial charge < -0.3 is 20.1 Å². The lowest BCUT2D eigenvalue weighted by Crippen LogP contribution is -2.36. The van der Waals surface area contributed by atoms with Crippen LogP contribution in [0, 0.1) is 6.92 Å². The predicted molar refractivity (Wildman–Crippen MR) is 93.1 cm³/mol. The maximum Gasteiger partial charge on any atom is 0.315 e. The van der Waals surface area contributed by atoms with Crippen molar-refractivity contribution in [3.05, 3.63) is 35.6 Å². The lowest BCUT2D eigenvalue weighted by atomic mass is 10.1. The maximum atomic E-state index is 12.0. The molecule has 2 aromatic rings. The van der Waals surface area contributed by atoms with Crippen molar-refractivity contribution < 1.29 is 9.32 Å². The third-order valence-electron chi connectivity index (χ3n) is 4.20. The van der Waals surface area contributed by atoms with Gasteiger partial charge in [0.1, 0.15) is 11.9 Å². The zero-order valence-electron chi connectivity index (χ0n) is 14.7. The van der Waals surface area contributed by atoms with Crippen LogP contribution in [0.25, 0.3) is 0 Å². The lowest BCUT2D eigenvalue weighted by molar-refractivity contribution is 0.233. The number of hydrogen-bond donors (Lipinski definition) is 2. The molecule has 25 heavy (non-hydrogen) atoms. The molecule has 0 spiro atoms. The van der Waals surface area contributed by atoms with Crippen LogP contribution in [0.5, 0.6) is 0 Å². The van der Waals surface area contributed by atoms with Crippen LogP contribution < -0.4 is 15.5 Å². The van der Waals surface area contributed by atoms with Gasteiger partial charge in [0.25, 0.3) is 0 Å². The van der Waals surface area contributed by atoms with Crippen LogP contribution in [-0.2, 0) is 6.54 Å². The molecule has 3 heterocycles. The van der Waals surface area contributed by atoms with E-state index in [1.165, 1.54) is 19.3 Å². The van der Waals surface area contributed by atoms with Crippen molar-refractivity contribution in [3.63, 3.8) is 0 Å². The molecule has 3 rings (SSSR count). The molecule has 0 aliphatic carbocycles. The summed E-state index contributed by atoms with van der Waals surface area (Å²) in [5, 5.41) is 9.30. The number of aromatic nitrogens is 3. The fourth-order valence-electron chi connectivity index (χ4n) is 2.81. The number of aryl methyl sites for hydroxylation is 1. The number of nitrogens with zero attached hydrogens (tertiary/aromatic N) is 4. The molecule has 2 N–H and O–H groups in total. The number of carbonyl (C=O) groups is 1. The Morgan fingerprint density at radius 2 is 2.12 bits per heavy atom. The van der Waals surface area contributed by atoms with Gasteiger partial charge in [0.05, 0.1) is 0 Å². The normalized spacial score (nSPS) is 15.7. The highest BCUT2D eigenvalue weighted by molar-refractivity contribution is 5.74. The highest BCUT2D eigenvalue weighted by atomic mass is 16.5. The highest BCUT2D eigenvalue weighted by Crippen LogP contribution is 2.17. The molecular formula is C17H24N6O2. The highest BCUT2D eigenvalue weighted by Gasteiger charge is 2.15. The van der Waals surface area contributed by atoms with Gasteiger partial charge in [0.2, 0.25) is 5.89 Å². The van der Waals surface area contributed by atoms with Crippen LogP contribution in [0.2, 0.25) is 0 Å². The van der Waals surface area contributed by atoms with Gasteiger partial charge in [-0.25, -0.2) is 9.78 Å². The Labute approximate surface area is 147 Å². The van der Waals surface area contributed by atoms with Gasteiger partial charge in [-0.3, -0.25) is 0 Å². The molecule has 2 aromatic heterocycles. The quantitative estimate of drug-likeness (QED) is 0.864. The van der Waals surface area contributed by atoms with E-state index in [-0.39, 0.29) is 12.1 Å². The summed E-state index contributed by atoms with van der Waals surface area (Å²) in [5.74, 6) is 1.94. The van der Waals surface area contributed by atoms with Gasteiger partial charge in [-0.15, -0.1) is 0 Å². The minimum Gasteiger partial charge on any atom is -0.357 e. The topological polar surface area (TPSA) is 96.2 Å². The Bertz CT molecular complexity index is 693. The minimum absolute atomic E-state index is 0.288. The molecule has 1 atom stereocenters. The van der Waals surface area contributed by atoms with E-state index >= 15 is 0 Å². The van der Waals surface area contributed by atoms with E-state index in [9.17, 15) is 4.79 Å². The minimum atomic E-state index is -0.346. The largest absolute Gasteiger partial charge is 0.357 e. The molecule has 0 bridgehead atoms. The number of nitrogens with one attached hydrogen (secondary N) is 2. The molecule has 0 unspecified atom stereocenters. The summed E-state index contributed by atoms with van der Waals surface area (Å²) in [5.41, 5.74) is 0.956. The standard InChI is InChI=1S/C17H24N6O2/c1-12(16-21-13(2)22-25-16)20-17(24)19-11-14-6-7-15(18-10-14)23-8-4-3-5-9-23/h6-7,10,12H,3-5,8-9,11H2,1-2H3,(H2,19,20,24)/t12-/m0/s1. The Morgan fingerprint density at radius 3 is 2.76 bits per heavy atom. The van der Waals surface area contributed by atoms with E-state index < -0.39 is 0 Å². The van der Waals surface area contributed by atoms with Crippen LogP contribution in [-0.4, -0.2) is 34.2 Å². The number of rotatable bonds is 5. The number of urea groups is 1. The molecule has 0 radical (unpaired) electrons. The zero-order chi connectivity index (χ0) is 17.6. The molecule has 1 saturated heterocycles. The Balaban J connectivity index is 1.46. The first-order valence-corrected chi connectivity index (χ1v) is 8.66. The second kappa shape index (κ2) is 7.96. The number of amides is 2. The predicted octanol–water partition coefficient (Wildman–Crippen LogP) is 2.32. The van der Waals surface area contributed by atoms with Crippen molar-refractivity contribution in [2.45, 2.75) is 45.7 Å². The molecule has 1 aliphatic heterocycles. The molecule has 0 saturated carbocycles. The fraction of sp³-hybridized carbons (Fsp3) is 0.529. The smallest absolute Gasteiger partial charge is 0.315 e. The molecule has 1 fully saturated rings. The van der Waals surface area contributed by atoms with Crippen LogP contribution >= 0.6 is 0 Å². The van der Waals surface area contributed by atoms with Crippen LogP contribution in [0.1, 0.15) is 49.5 Å². The van der Waals surface area contributed by atoms with E-state index in [4.69, 9.17) is 4.52 Å². The molecule has 2 amide bonds. The van der Waals surface area contributed by atoms with Crippen molar-refractivity contribution in [2.75, 3.05) is 18.0 Å². The summed E-state index contributed by atoms with van der Waals surface area (Å²) in [6.45, 7) is 6.08. The first-order chi connectivity index (χ1) is 12.1. The molecule has 8 heteroatoms. The molecule has 134 valence electrons. The number of anilines is 1. The average Bonchev–Trinajstić information content (AvgIpc) is 3.08. The fourth-order valence-corrected chi connectivity index (χ4v) is 2.81. The van der Waals surface area contributed by atoms with Gasteiger partial charge in [0.15, 0.2) is 5.82 Å². The zero-order valence-corrected chi connectivity index (χ0v) is 14.7. The summed E-state index contributed by atoms with van der Waals surface area (Å²) < 4.78 is 5.04. The molecular weight excluding hydrogens is 320 g/mol. The summed E-state index contributed by atoms with van der Waals surface area (Å²) in [4.78, 5) is 22.9. The third kappa shape index (κ3) is 4.68. The first-order valence-electron chi connectivity index (χ1n) is 8.66. The molecule has 0 aromatic carbocycles. The summed E-state index contributed by atoms with van der Waals surface area (Å²) >= 11 is 0. The van der Waals surface area contributed by atoms with Gasteiger partial charge in [0, 0.05) is 25.8 Å². The van der Waals surface area contributed by atoms with Crippen molar-refractivity contribution >= 4 is 11.8 Å².